The Morgan fingerprint density at radius 1 is 1.35 bits per heavy atom. The molecule has 4 N–H and O–H groups in total. The number of fused-ring (bicyclic) bond motifs is 1. The summed E-state index contributed by atoms with van der Waals surface area (Å²) in [5.41, 5.74) is 10.0. The van der Waals surface area contributed by atoms with Gasteiger partial charge in [0.15, 0.2) is 0 Å². The highest BCUT2D eigenvalue weighted by Gasteiger charge is 2.21. The van der Waals surface area contributed by atoms with E-state index in [1.807, 2.05) is 6.07 Å². The Labute approximate surface area is 121 Å². The number of rotatable bonds is 3. The Balaban J connectivity index is 2.12. The van der Waals surface area contributed by atoms with Crippen molar-refractivity contribution in [3.63, 3.8) is 0 Å². The van der Waals surface area contributed by atoms with Crippen LogP contribution in [0.5, 0.6) is 0 Å². The minimum absolute atomic E-state index is 0.0685. The number of nitrogens with one attached hydrogen (secondary N) is 2. The molecule has 1 heterocycles. The molecule has 4 heteroatoms. The zero-order valence-electron chi connectivity index (χ0n) is 12.8. The van der Waals surface area contributed by atoms with Gasteiger partial charge in [0, 0.05) is 18.7 Å². The van der Waals surface area contributed by atoms with Crippen LogP contribution in [0.15, 0.2) is 12.1 Å². The first-order valence-electron chi connectivity index (χ1n) is 7.23. The van der Waals surface area contributed by atoms with E-state index in [1.165, 1.54) is 0 Å². The normalized spacial score (nSPS) is 16.3. The van der Waals surface area contributed by atoms with E-state index in [4.69, 9.17) is 5.73 Å². The molecule has 20 heavy (non-hydrogen) atoms. The fourth-order valence-corrected chi connectivity index (χ4v) is 2.17. The van der Waals surface area contributed by atoms with Crippen LogP contribution in [0.4, 0.5) is 17.1 Å². The van der Waals surface area contributed by atoms with Gasteiger partial charge in [-0.25, -0.2) is 0 Å². The number of carbonyl (C=O) groups excluding carboxylic acids is 1. The average Bonchev–Trinajstić information content (AvgIpc) is 2.34. The van der Waals surface area contributed by atoms with Crippen LogP contribution in [0.3, 0.4) is 0 Å². The molecule has 0 bridgehead atoms. The van der Waals surface area contributed by atoms with Crippen molar-refractivity contribution >= 4 is 23.0 Å². The van der Waals surface area contributed by atoms with Crippen molar-refractivity contribution < 1.29 is 4.79 Å². The number of aryl methyl sites for hydroxylation is 1. The van der Waals surface area contributed by atoms with E-state index in [1.54, 1.807) is 0 Å². The van der Waals surface area contributed by atoms with Crippen LogP contribution in [0.1, 0.15) is 39.7 Å². The van der Waals surface area contributed by atoms with Crippen molar-refractivity contribution in [2.75, 3.05) is 22.9 Å². The number of hydrogen-bond donors (Lipinski definition) is 3. The molecule has 1 atom stereocenters. The molecule has 1 aliphatic heterocycles. The molecule has 1 amide bonds. The summed E-state index contributed by atoms with van der Waals surface area (Å²) in [6, 6.07) is 3.93. The van der Waals surface area contributed by atoms with Gasteiger partial charge < -0.3 is 16.4 Å². The van der Waals surface area contributed by atoms with E-state index < -0.39 is 0 Å². The minimum Gasteiger partial charge on any atom is -0.397 e. The molecule has 4 nitrogen and oxygen atoms in total. The number of nitrogens with two attached hydrogens (primary N) is 1. The molecule has 110 valence electrons. The van der Waals surface area contributed by atoms with Gasteiger partial charge in [0.25, 0.3) is 0 Å². The molecule has 0 saturated heterocycles. The van der Waals surface area contributed by atoms with Gasteiger partial charge in [-0.2, -0.15) is 0 Å². The van der Waals surface area contributed by atoms with Crippen LogP contribution in [0.2, 0.25) is 0 Å². The third kappa shape index (κ3) is 3.24. The van der Waals surface area contributed by atoms with Gasteiger partial charge in [-0.15, -0.1) is 0 Å². The van der Waals surface area contributed by atoms with Crippen LogP contribution < -0.4 is 16.4 Å². The van der Waals surface area contributed by atoms with E-state index in [9.17, 15) is 4.79 Å². The molecule has 1 aromatic rings. The van der Waals surface area contributed by atoms with E-state index in [0.29, 0.717) is 18.0 Å². The molecule has 1 unspecified atom stereocenters. The maximum atomic E-state index is 11.4. The van der Waals surface area contributed by atoms with Crippen molar-refractivity contribution in [3.05, 3.63) is 17.7 Å². The highest BCUT2D eigenvalue weighted by molar-refractivity contribution is 5.95. The number of anilines is 3. The summed E-state index contributed by atoms with van der Waals surface area (Å²) in [4.78, 5) is 11.4. The lowest BCUT2D eigenvalue weighted by atomic mass is 9.82. The SMILES string of the molecule is CC(CNc1cc2c(cc1N)NC(=O)CC2)C(C)(C)C. The van der Waals surface area contributed by atoms with Gasteiger partial charge in [-0.1, -0.05) is 27.7 Å². The molecule has 0 fully saturated rings. The van der Waals surface area contributed by atoms with Crippen molar-refractivity contribution in [2.45, 2.75) is 40.5 Å². The second kappa shape index (κ2) is 5.35. The van der Waals surface area contributed by atoms with Gasteiger partial charge in [-0.3, -0.25) is 4.79 Å². The first kappa shape index (κ1) is 14.7. The maximum absolute atomic E-state index is 11.4. The maximum Gasteiger partial charge on any atom is 0.224 e. The first-order chi connectivity index (χ1) is 9.27. The second-order valence-electron chi connectivity index (χ2n) is 6.79. The summed E-state index contributed by atoms with van der Waals surface area (Å²) in [5.74, 6) is 0.608. The molecule has 0 spiro atoms. The highest BCUT2D eigenvalue weighted by atomic mass is 16.1. The number of nitrogen functional groups attached to an aromatic ring is 1. The fraction of sp³-hybridized carbons (Fsp3) is 0.562. The predicted octanol–water partition coefficient (Wildman–Crippen LogP) is 3.25. The van der Waals surface area contributed by atoms with Crippen LogP contribution in [-0.2, 0) is 11.2 Å². The van der Waals surface area contributed by atoms with Gasteiger partial charge in [0.05, 0.1) is 11.4 Å². The Morgan fingerprint density at radius 2 is 2.05 bits per heavy atom. The van der Waals surface area contributed by atoms with Gasteiger partial charge >= 0.3 is 0 Å². The second-order valence-corrected chi connectivity index (χ2v) is 6.79. The summed E-state index contributed by atoms with van der Waals surface area (Å²) in [6.45, 7) is 9.85. The van der Waals surface area contributed by atoms with Gasteiger partial charge in [0.1, 0.15) is 0 Å². The van der Waals surface area contributed by atoms with E-state index in [0.717, 1.165) is 29.9 Å². The third-order valence-corrected chi connectivity index (χ3v) is 4.25. The molecule has 1 aromatic carbocycles. The zero-order valence-corrected chi connectivity index (χ0v) is 12.8. The van der Waals surface area contributed by atoms with Gasteiger partial charge in [-0.05, 0) is 35.4 Å². The summed E-state index contributed by atoms with van der Waals surface area (Å²) in [6.07, 6.45) is 1.33. The van der Waals surface area contributed by atoms with E-state index in [2.05, 4.69) is 44.4 Å². The standard InChI is InChI=1S/C16H25N3O/c1-10(16(2,3)4)9-18-14-7-11-5-6-15(20)19-13(11)8-12(14)17/h7-8,10,18H,5-6,9,17H2,1-4H3,(H,19,20). The van der Waals surface area contributed by atoms with Crippen molar-refractivity contribution in [2.24, 2.45) is 11.3 Å². The lowest BCUT2D eigenvalue weighted by Crippen LogP contribution is -2.25. The molecule has 1 aliphatic rings. The molecule has 0 aromatic heterocycles. The largest absolute Gasteiger partial charge is 0.397 e. The van der Waals surface area contributed by atoms with Crippen molar-refractivity contribution in [1.29, 1.82) is 0 Å². The predicted molar refractivity (Wildman–Crippen MR) is 84.9 cm³/mol. The summed E-state index contributed by atoms with van der Waals surface area (Å²) < 4.78 is 0. The first-order valence-corrected chi connectivity index (χ1v) is 7.23. The summed E-state index contributed by atoms with van der Waals surface area (Å²) >= 11 is 0. The van der Waals surface area contributed by atoms with Gasteiger partial charge in [0.2, 0.25) is 5.91 Å². The zero-order chi connectivity index (χ0) is 14.9. The third-order valence-electron chi connectivity index (χ3n) is 4.25. The van der Waals surface area contributed by atoms with E-state index in [-0.39, 0.29) is 11.3 Å². The minimum atomic E-state index is 0.0685. The fourth-order valence-electron chi connectivity index (χ4n) is 2.17. The Morgan fingerprint density at radius 3 is 2.70 bits per heavy atom. The van der Waals surface area contributed by atoms with Crippen LogP contribution in [-0.4, -0.2) is 12.5 Å². The summed E-state index contributed by atoms with van der Waals surface area (Å²) in [5, 5.41) is 6.31. The van der Waals surface area contributed by atoms with Crippen LogP contribution in [0, 0.1) is 11.3 Å². The average molecular weight is 275 g/mol. The Kier molecular flexibility index (Phi) is 3.93. The number of amides is 1. The molecular formula is C16H25N3O. The molecular weight excluding hydrogens is 250 g/mol. The summed E-state index contributed by atoms with van der Waals surface area (Å²) in [7, 11) is 0. The Bertz CT molecular complexity index is 517. The van der Waals surface area contributed by atoms with E-state index >= 15 is 0 Å². The monoisotopic (exact) mass is 275 g/mol. The molecule has 0 saturated carbocycles. The molecule has 2 rings (SSSR count). The Hall–Kier alpha value is -1.71. The van der Waals surface area contributed by atoms with Crippen LogP contribution >= 0.6 is 0 Å². The topological polar surface area (TPSA) is 67.2 Å². The molecule has 0 aliphatic carbocycles. The quantitative estimate of drug-likeness (QED) is 0.742. The smallest absolute Gasteiger partial charge is 0.224 e. The lowest BCUT2D eigenvalue weighted by Gasteiger charge is -2.28. The number of benzene rings is 1. The highest BCUT2D eigenvalue weighted by Crippen LogP contribution is 2.32. The van der Waals surface area contributed by atoms with Crippen LogP contribution in [0.25, 0.3) is 0 Å². The lowest BCUT2D eigenvalue weighted by molar-refractivity contribution is -0.116. The number of hydrogen-bond acceptors (Lipinski definition) is 3. The van der Waals surface area contributed by atoms with Crippen molar-refractivity contribution in [3.8, 4) is 0 Å². The molecule has 0 radical (unpaired) electrons. The van der Waals surface area contributed by atoms with Crippen molar-refractivity contribution in [1.82, 2.24) is 0 Å². The number of carbonyl (C=O) groups is 1.